The molecule has 0 amide bonds. The van der Waals surface area contributed by atoms with Gasteiger partial charge in [-0.05, 0) is 143 Å². The molecule has 15 heteroatoms. The average molecular weight is 873 g/mol. The van der Waals surface area contributed by atoms with Crippen LogP contribution in [0.3, 0.4) is 0 Å². The topological polar surface area (TPSA) is 230 Å². The molecule has 338 valence electrons. The lowest BCUT2D eigenvalue weighted by atomic mass is 10.0. The van der Waals surface area contributed by atoms with Crippen LogP contribution in [0.1, 0.15) is 127 Å². The molecule has 0 aliphatic heterocycles. The number of carbonyl (C=O) groups excluding carboxylic acids is 3. The smallest absolute Gasteiger partial charge is 0.338 e. The summed E-state index contributed by atoms with van der Waals surface area (Å²) in [7, 11) is 0. The highest BCUT2D eigenvalue weighted by molar-refractivity contribution is 7.18. The summed E-state index contributed by atoms with van der Waals surface area (Å²) in [6.45, 7) is 5.61. The van der Waals surface area contributed by atoms with Crippen LogP contribution in [0.15, 0.2) is 55.1 Å². The van der Waals surface area contributed by atoms with Gasteiger partial charge in [-0.25, -0.2) is 14.4 Å². The summed E-state index contributed by atoms with van der Waals surface area (Å²) in [4.78, 5) is 41.4. The molecule has 0 bridgehead atoms. The van der Waals surface area contributed by atoms with Gasteiger partial charge >= 0.3 is 17.9 Å². The average Bonchev–Trinajstić information content (AvgIpc) is 3.78. The zero-order valence-electron chi connectivity index (χ0n) is 35.2. The van der Waals surface area contributed by atoms with E-state index in [-0.39, 0.29) is 56.3 Å². The van der Waals surface area contributed by atoms with E-state index in [0.717, 1.165) is 4.88 Å². The van der Waals surface area contributed by atoms with Crippen molar-refractivity contribution >= 4 is 35.0 Å². The number of benzene rings is 2. The first kappa shape index (κ1) is 51.2. The molecule has 14 nitrogen and oxygen atoms in total. The first-order valence-electron chi connectivity index (χ1n) is 21.2. The third kappa shape index (κ3) is 18.8. The number of aliphatic hydroxyl groups is 7. The number of esters is 3. The molecule has 3 aromatic rings. The first-order chi connectivity index (χ1) is 29.4. The van der Waals surface area contributed by atoms with E-state index in [1.54, 1.807) is 24.3 Å². The van der Waals surface area contributed by atoms with E-state index in [0.29, 0.717) is 117 Å². The Labute approximate surface area is 362 Å². The predicted molar refractivity (Wildman–Crippen MR) is 232 cm³/mol. The molecule has 4 unspecified atom stereocenters. The summed E-state index contributed by atoms with van der Waals surface area (Å²) in [5.41, 5.74) is 2.27. The highest BCUT2D eigenvalue weighted by atomic mass is 32.1. The summed E-state index contributed by atoms with van der Waals surface area (Å²) in [6.07, 6.45) is 4.06. The molecular weight excluding hydrogens is 809 g/mol. The SMILES string of the molecule is C=C(OCCCCC(O)CO)c1cc(C(=O)OCCCCC(O)CC)cc(-c2ccc(-c3cc(C(=O)OCCCCC(O)CO)cc(C(=O)OCCCCC(O)CO)c3)s2)c1. The molecule has 0 aliphatic carbocycles. The summed E-state index contributed by atoms with van der Waals surface area (Å²) in [5, 5.41) is 65.9. The van der Waals surface area contributed by atoms with E-state index in [9.17, 15) is 34.8 Å². The van der Waals surface area contributed by atoms with Gasteiger partial charge in [-0.1, -0.05) is 13.5 Å². The van der Waals surface area contributed by atoms with Gasteiger partial charge < -0.3 is 54.7 Å². The van der Waals surface area contributed by atoms with Gasteiger partial charge in [0.2, 0.25) is 0 Å². The Morgan fingerprint density at radius 1 is 0.508 bits per heavy atom. The second kappa shape index (κ2) is 28.4. The van der Waals surface area contributed by atoms with Crippen LogP contribution >= 0.6 is 11.3 Å². The predicted octanol–water partition coefficient (Wildman–Crippen LogP) is 6.05. The summed E-state index contributed by atoms with van der Waals surface area (Å²) in [6, 6.07) is 13.5. The molecule has 4 atom stereocenters. The minimum absolute atomic E-state index is 0.0643. The van der Waals surface area contributed by atoms with Gasteiger partial charge in [0.1, 0.15) is 5.76 Å². The number of thiophene rings is 1. The highest BCUT2D eigenvalue weighted by Crippen LogP contribution is 2.37. The molecule has 0 spiro atoms. The first-order valence-corrected chi connectivity index (χ1v) is 22.0. The molecule has 0 radical (unpaired) electrons. The fourth-order valence-corrected chi connectivity index (χ4v) is 7.11. The second-order valence-electron chi connectivity index (χ2n) is 15.0. The van der Waals surface area contributed by atoms with Gasteiger partial charge in [-0.3, -0.25) is 0 Å². The van der Waals surface area contributed by atoms with Crippen LogP contribution in [0.4, 0.5) is 0 Å². The van der Waals surface area contributed by atoms with Crippen LogP contribution in [0.25, 0.3) is 26.6 Å². The third-order valence-corrected chi connectivity index (χ3v) is 11.1. The minimum Gasteiger partial charge on any atom is -0.494 e. The molecule has 2 aromatic carbocycles. The van der Waals surface area contributed by atoms with Crippen molar-refractivity contribution in [1.29, 1.82) is 0 Å². The number of hydrogen-bond donors (Lipinski definition) is 7. The maximum atomic E-state index is 13.4. The van der Waals surface area contributed by atoms with Gasteiger partial charge in [0.05, 0.1) is 87.4 Å². The zero-order valence-corrected chi connectivity index (χ0v) is 36.0. The lowest BCUT2D eigenvalue weighted by Gasteiger charge is -2.13. The fourth-order valence-electron chi connectivity index (χ4n) is 6.13. The van der Waals surface area contributed by atoms with Crippen LogP contribution in [0.2, 0.25) is 0 Å². The van der Waals surface area contributed by atoms with E-state index >= 15 is 0 Å². The van der Waals surface area contributed by atoms with Gasteiger partial charge in [-0.2, -0.15) is 0 Å². The molecule has 61 heavy (non-hydrogen) atoms. The van der Waals surface area contributed by atoms with Crippen molar-refractivity contribution in [2.24, 2.45) is 0 Å². The Hall–Kier alpha value is -4.19. The Morgan fingerprint density at radius 2 is 0.836 bits per heavy atom. The van der Waals surface area contributed by atoms with Crippen molar-refractivity contribution < 1.29 is 69.1 Å². The monoisotopic (exact) mass is 872 g/mol. The second-order valence-corrected chi connectivity index (χ2v) is 16.1. The van der Waals surface area contributed by atoms with Gasteiger partial charge in [0.15, 0.2) is 0 Å². The van der Waals surface area contributed by atoms with Crippen LogP contribution in [-0.4, -0.2) is 124 Å². The van der Waals surface area contributed by atoms with Crippen LogP contribution in [0, 0.1) is 0 Å². The Balaban J connectivity index is 1.90. The molecule has 3 rings (SSSR count). The number of rotatable bonds is 31. The van der Waals surface area contributed by atoms with Gasteiger partial charge in [0, 0.05) is 15.3 Å². The molecule has 1 heterocycles. The maximum absolute atomic E-state index is 13.4. The molecule has 0 fully saturated rings. The van der Waals surface area contributed by atoms with Crippen LogP contribution < -0.4 is 0 Å². The highest BCUT2D eigenvalue weighted by Gasteiger charge is 2.19. The van der Waals surface area contributed by atoms with Crippen molar-refractivity contribution in [3.05, 3.63) is 77.4 Å². The van der Waals surface area contributed by atoms with Gasteiger partial charge in [-0.15, -0.1) is 11.3 Å². The Kier molecular flexibility index (Phi) is 23.8. The van der Waals surface area contributed by atoms with E-state index in [1.807, 2.05) is 25.1 Å². The lowest BCUT2D eigenvalue weighted by Crippen LogP contribution is -2.13. The molecular formula is C46H64O14S. The number of unbranched alkanes of at least 4 members (excludes halogenated alkanes) is 4. The van der Waals surface area contributed by atoms with Crippen LogP contribution in [-0.2, 0) is 18.9 Å². The summed E-state index contributed by atoms with van der Waals surface area (Å²) < 4.78 is 22.6. The summed E-state index contributed by atoms with van der Waals surface area (Å²) >= 11 is 1.35. The third-order valence-electron chi connectivity index (χ3n) is 9.88. The van der Waals surface area contributed by atoms with Crippen molar-refractivity contribution in [2.75, 3.05) is 46.2 Å². The maximum Gasteiger partial charge on any atom is 0.338 e. The quantitative estimate of drug-likeness (QED) is 0.0169. The summed E-state index contributed by atoms with van der Waals surface area (Å²) in [5.74, 6) is -1.53. The molecule has 7 N–H and O–H groups in total. The molecule has 0 aliphatic rings. The largest absolute Gasteiger partial charge is 0.494 e. The van der Waals surface area contributed by atoms with E-state index in [4.69, 9.17) is 34.3 Å². The molecule has 1 aromatic heterocycles. The Morgan fingerprint density at radius 3 is 1.20 bits per heavy atom. The van der Waals surface area contributed by atoms with Gasteiger partial charge in [0.25, 0.3) is 0 Å². The van der Waals surface area contributed by atoms with E-state index in [2.05, 4.69) is 6.58 Å². The van der Waals surface area contributed by atoms with Crippen molar-refractivity contribution in [2.45, 2.75) is 115 Å². The Bertz CT molecular complexity index is 1560. The minimum atomic E-state index is -0.845. The van der Waals surface area contributed by atoms with E-state index in [1.165, 1.54) is 17.4 Å². The van der Waals surface area contributed by atoms with Crippen molar-refractivity contribution in [3.63, 3.8) is 0 Å². The number of hydrogen-bond acceptors (Lipinski definition) is 15. The number of ether oxygens (including phenoxy) is 4. The standard InChI is InChI=1S/C46H64O14S/c1-3-38(50)12-4-9-19-58-44(54)35-23-32(31(2)57-18-8-5-13-39(51)28-47)22-33(24-35)42-16-17-43(61-42)34-25-36(45(55)59-20-10-6-14-40(52)29-48)27-37(26-34)46(56)60-21-11-7-15-41(53)30-49/h16-17,22-27,38-41,47-53H,2-15,18-21,28-30H2,1H3. The van der Waals surface area contributed by atoms with Crippen LogP contribution in [0.5, 0.6) is 0 Å². The zero-order chi connectivity index (χ0) is 44.6. The van der Waals surface area contributed by atoms with E-state index < -0.39 is 42.3 Å². The number of carbonyl (C=O) groups is 3. The molecule has 0 saturated heterocycles. The lowest BCUT2D eigenvalue weighted by molar-refractivity contribution is 0.0473. The van der Waals surface area contributed by atoms with Crippen molar-refractivity contribution in [1.82, 2.24) is 0 Å². The number of aliphatic hydroxyl groups excluding tert-OH is 7. The van der Waals surface area contributed by atoms with Crippen molar-refractivity contribution in [3.8, 4) is 20.9 Å². The fraction of sp³-hybridized carbons (Fsp3) is 0.543. The normalized spacial score (nSPS) is 13.2. The molecule has 0 saturated carbocycles.